The molecule has 0 saturated carbocycles. The Balaban J connectivity index is 1.99. The summed E-state index contributed by atoms with van der Waals surface area (Å²) in [5.41, 5.74) is 3.19. The smallest absolute Gasteiger partial charge is 0.234 e. The number of carbonyl (C=O) groups excluding carboxylic acids is 1. The van der Waals surface area contributed by atoms with E-state index in [1.165, 1.54) is 0 Å². The summed E-state index contributed by atoms with van der Waals surface area (Å²) < 4.78 is 5.88. The third kappa shape index (κ3) is 4.35. The summed E-state index contributed by atoms with van der Waals surface area (Å²) >= 11 is 0. The highest BCUT2D eigenvalue weighted by atomic mass is 16.5. The molecule has 22 heavy (non-hydrogen) atoms. The van der Waals surface area contributed by atoms with Gasteiger partial charge in [-0.05, 0) is 48.7 Å². The second-order valence-corrected chi connectivity index (χ2v) is 5.13. The van der Waals surface area contributed by atoms with Crippen LogP contribution in [-0.4, -0.2) is 5.91 Å². The van der Waals surface area contributed by atoms with E-state index in [0.29, 0.717) is 6.54 Å². The summed E-state index contributed by atoms with van der Waals surface area (Å²) in [6.07, 6.45) is -0.117. The third-order valence-electron chi connectivity index (χ3n) is 3.22. The molecule has 1 amide bonds. The molecule has 0 aliphatic heterocycles. The van der Waals surface area contributed by atoms with E-state index in [4.69, 9.17) is 10.00 Å². The largest absolute Gasteiger partial charge is 0.457 e. The SMILES string of the molecule is Cc1ccc(C)c(Oc2ccc(CNC(=O)CC#N)cc2)c1. The first-order chi connectivity index (χ1) is 10.6. The normalized spacial score (nSPS) is 9.86. The molecule has 2 rings (SSSR count). The van der Waals surface area contributed by atoms with Crippen LogP contribution in [0, 0.1) is 25.2 Å². The number of nitriles is 1. The Morgan fingerprint density at radius 2 is 1.91 bits per heavy atom. The number of amides is 1. The minimum absolute atomic E-state index is 0.117. The second kappa shape index (κ2) is 7.28. The highest BCUT2D eigenvalue weighted by Gasteiger charge is 2.03. The van der Waals surface area contributed by atoms with Crippen molar-refractivity contribution < 1.29 is 9.53 Å². The van der Waals surface area contributed by atoms with Crippen molar-refractivity contribution in [3.8, 4) is 17.6 Å². The number of ether oxygens (including phenoxy) is 1. The van der Waals surface area contributed by atoms with Crippen molar-refractivity contribution in [3.05, 3.63) is 59.2 Å². The Morgan fingerprint density at radius 1 is 1.18 bits per heavy atom. The van der Waals surface area contributed by atoms with Crippen LogP contribution >= 0.6 is 0 Å². The van der Waals surface area contributed by atoms with Crippen molar-refractivity contribution in [2.75, 3.05) is 0 Å². The van der Waals surface area contributed by atoms with Crippen LogP contribution in [0.2, 0.25) is 0 Å². The second-order valence-electron chi connectivity index (χ2n) is 5.13. The zero-order valence-electron chi connectivity index (χ0n) is 12.7. The van der Waals surface area contributed by atoms with Crippen molar-refractivity contribution in [1.29, 1.82) is 5.26 Å². The summed E-state index contributed by atoms with van der Waals surface area (Å²) in [6, 6.07) is 15.4. The number of nitrogens with zero attached hydrogens (tertiary/aromatic N) is 1. The maximum Gasteiger partial charge on any atom is 0.234 e. The molecule has 0 aliphatic rings. The van der Waals surface area contributed by atoms with Gasteiger partial charge < -0.3 is 10.1 Å². The van der Waals surface area contributed by atoms with Crippen molar-refractivity contribution >= 4 is 5.91 Å². The molecule has 0 aliphatic carbocycles. The standard InChI is InChI=1S/C18H18N2O2/c1-13-3-4-14(2)17(11-13)22-16-7-5-15(6-8-16)12-20-18(21)9-10-19/h3-8,11H,9,12H2,1-2H3,(H,20,21). The molecule has 0 heterocycles. The molecule has 0 unspecified atom stereocenters. The Bertz CT molecular complexity index is 700. The zero-order chi connectivity index (χ0) is 15.9. The van der Waals surface area contributed by atoms with Crippen LogP contribution in [0.15, 0.2) is 42.5 Å². The molecule has 112 valence electrons. The molecule has 2 aromatic rings. The molecule has 2 aromatic carbocycles. The number of rotatable bonds is 5. The lowest BCUT2D eigenvalue weighted by Gasteiger charge is -2.10. The number of hydrogen-bond donors (Lipinski definition) is 1. The average Bonchev–Trinajstić information content (AvgIpc) is 2.50. The number of nitrogens with one attached hydrogen (secondary N) is 1. The number of hydrogen-bond acceptors (Lipinski definition) is 3. The first-order valence-electron chi connectivity index (χ1n) is 7.06. The molecule has 4 heteroatoms. The minimum atomic E-state index is -0.266. The van der Waals surface area contributed by atoms with Crippen molar-refractivity contribution in [3.63, 3.8) is 0 Å². The van der Waals surface area contributed by atoms with Gasteiger partial charge in [0.15, 0.2) is 0 Å². The highest BCUT2D eigenvalue weighted by Crippen LogP contribution is 2.26. The van der Waals surface area contributed by atoms with Gasteiger partial charge in [-0.3, -0.25) is 4.79 Å². The van der Waals surface area contributed by atoms with Crippen LogP contribution in [0.3, 0.4) is 0 Å². The van der Waals surface area contributed by atoms with E-state index in [1.807, 2.05) is 56.3 Å². The van der Waals surface area contributed by atoms with Crippen LogP contribution in [0.5, 0.6) is 11.5 Å². The average molecular weight is 294 g/mol. The Morgan fingerprint density at radius 3 is 2.59 bits per heavy atom. The van der Waals surface area contributed by atoms with Gasteiger partial charge in [-0.2, -0.15) is 5.26 Å². The van der Waals surface area contributed by atoms with E-state index in [1.54, 1.807) is 0 Å². The van der Waals surface area contributed by atoms with E-state index in [2.05, 4.69) is 11.4 Å². The maximum atomic E-state index is 11.2. The molecular formula is C18H18N2O2. The van der Waals surface area contributed by atoms with Gasteiger partial charge in [-0.1, -0.05) is 24.3 Å². The van der Waals surface area contributed by atoms with Crippen molar-refractivity contribution in [2.45, 2.75) is 26.8 Å². The lowest BCUT2D eigenvalue weighted by Crippen LogP contribution is -2.21. The molecule has 0 atom stereocenters. The molecule has 4 nitrogen and oxygen atoms in total. The summed E-state index contributed by atoms with van der Waals surface area (Å²) in [5, 5.41) is 11.1. The molecular weight excluding hydrogens is 276 g/mol. The van der Waals surface area contributed by atoms with Crippen LogP contribution in [0.25, 0.3) is 0 Å². The van der Waals surface area contributed by atoms with E-state index in [0.717, 1.165) is 28.2 Å². The van der Waals surface area contributed by atoms with E-state index < -0.39 is 0 Å². The molecule has 0 saturated heterocycles. The third-order valence-corrected chi connectivity index (χ3v) is 3.22. The van der Waals surface area contributed by atoms with Gasteiger partial charge in [0.1, 0.15) is 17.9 Å². The zero-order valence-corrected chi connectivity index (χ0v) is 12.7. The first kappa shape index (κ1) is 15.6. The topological polar surface area (TPSA) is 62.1 Å². The summed E-state index contributed by atoms with van der Waals surface area (Å²) in [7, 11) is 0. The van der Waals surface area contributed by atoms with Gasteiger partial charge in [-0.15, -0.1) is 0 Å². The van der Waals surface area contributed by atoms with Gasteiger partial charge in [0.05, 0.1) is 6.07 Å². The predicted octanol–water partition coefficient (Wildman–Crippen LogP) is 3.63. The van der Waals surface area contributed by atoms with E-state index in [-0.39, 0.29) is 12.3 Å². The minimum Gasteiger partial charge on any atom is -0.457 e. The summed E-state index contributed by atoms with van der Waals surface area (Å²) in [4.78, 5) is 11.2. The van der Waals surface area contributed by atoms with Gasteiger partial charge in [0.2, 0.25) is 5.91 Å². The lowest BCUT2D eigenvalue weighted by molar-refractivity contribution is -0.120. The van der Waals surface area contributed by atoms with Gasteiger partial charge in [0.25, 0.3) is 0 Å². The van der Waals surface area contributed by atoms with E-state index in [9.17, 15) is 4.79 Å². The molecule has 0 bridgehead atoms. The first-order valence-corrected chi connectivity index (χ1v) is 7.06. The fourth-order valence-electron chi connectivity index (χ4n) is 1.95. The van der Waals surface area contributed by atoms with Gasteiger partial charge in [-0.25, -0.2) is 0 Å². The van der Waals surface area contributed by atoms with Gasteiger partial charge >= 0.3 is 0 Å². The number of carbonyl (C=O) groups is 1. The molecule has 0 radical (unpaired) electrons. The fraction of sp³-hybridized carbons (Fsp3) is 0.222. The highest BCUT2D eigenvalue weighted by molar-refractivity contribution is 5.77. The van der Waals surface area contributed by atoms with Crippen molar-refractivity contribution in [1.82, 2.24) is 5.32 Å². The summed E-state index contributed by atoms with van der Waals surface area (Å²) in [6.45, 7) is 4.44. The molecule has 0 spiro atoms. The monoisotopic (exact) mass is 294 g/mol. The maximum absolute atomic E-state index is 11.2. The van der Waals surface area contributed by atoms with Crippen LogP contribution in [0.1, 0.15) is 23.1 Å². The van der Waals surface area contributed by atoms with Crippen LogP contribution in [0.4, 0.5) is 0 Å². The van der Waals surface area contributed by atoms with E-state index >= 15 is 0 Å². The van der Waals surface area contributed by atoms with Crippen LogP contribution in [-0.2, 0) is 11.3 Å². The van der Waals surface area contributed by atoms with Crippen molar-refractivity contribution in [2.24, 2.45) is 0 Å². The lowest BCUT2D eigenvalue weighted by atomic mass is 10.1. The Hall–Kier alpha value is -2.80. The predicted molar refractivity (Wildman–Crippen MR) is 84.5 cm³/mol. The molecule has 0 aromatic heterocycles. The number of benzene rings is 2. The number of aryl methyl sites for hydroxylation is 2. The molecule has 1 N–H and O–H groups in total. The molecule has 0 fully saturated rings. The summed E-state index contributed by atoms with van der Waals surface area (Å²) in [5.74, 6) is 1.33. The Kier molecular flexibility index (Phi) is 5.16. The van der Waals surface area contributed by atoms with Gasteiger partial charge in [0, 0.05) is 6.54 Å². The van der Waals surface area contributed by atoms with Crippen LogP contribution < -0.4 is 10.1 Å². The quantitative estimate of drug-likeness (QED) is 0.916. The Labute approximate surface area is 130 Å². The fourth-order valence-corrected chi connectivity index (χ4v) is 1.95.